The molecular weight excluding hydrogens is 319 g/mol. The van der Waals surface area contributed by atoms with Gasteiger partial charge >= 0.3 is 0 Å². The van der Waals surface area contributed by atoms with Gasteiger partial charge in [0.1, 0.15) is 12.4 Å². The van der Waals surface area contributed by atoms with E-state index in [1.807, 2.05) is 19.1 Å². The Morgan fingerprint density at radius 1 is 1.16 bits per heavy atom. The van der Waals surface area contributed by atoms with Crippen molar-refractivity contribution in [2.75, 3.05) is 13.6 Å². The van der Waals surface area contributed by atoms with Crippen LogP contribution in [0.25, 0.3) is 5.70 Å². The van der Waals surface area contributed by atoms with E-state index in [-0.39, 0.29) is 30.2 Å². The van der Waals surface area contributed by atoms with E-state index in [1.165, 1.54) is 17.0 Å². The Balaban J connectivity index is 1.73. The molecule has 0 saturated carbocycles. The molecule has 1 aliphatic rings. The summed E-state index contributed by atoms with van der Waals surface area (Å²) in [6, 6.07) is 13.0. The molecule has 1 aliphatic heterocycles. The van der Waals surface area contributed by atoms with Gasteiger partial charge in [0.2, 0.25) is 5.91 Å². The maximum atomic E-state index is 13.1. The molecule has 2 aromatic carbocycles. The molecule has 4 nitrogen and oxygen atoms in total. The number of benzene rings is 2. The van der Waals surface area contributed by atoms with Crippen LogP contribution in [-0.4, -0.2) is 35.2 Å². The second kappa shape index (κ2) is 6.51. The summed E-state index contributed by atoms with van der Waals surface area (Å²) in [4.78, 5) is 28.1. The molecule has 0 aromatic heterocycles. The summed E-state index contributed by atoms with van der Waals surface area (Å²) in [6.45, 7) is 5.73. The summed E-state index contributed by atoms with van der Waals surface area (Å²) in [7, 11) is 1.67. The van der Waals surface area contributed by atoms with E-state index in [0.717, 1.165) is 11.1 Å². The molecule has 25 heavy (non-hydrogen) atoms. The third-order valence-corrected chi connectivity index (χ3v) is 4.66. The van der Waals surface area contributed by atoms with Crippen LogP contribution in [0.2, 0.25) is 0 Å². The fraction of sp³-hybridized carbons (Fsp3) is 0.200. The van der Waals surface area contributed by atoms with Crippen LogP contribution < -0.4 is 0 Å². The van der Waals surface area contributed by atoms with Crippen LogP contribution in [0, 0.1) is 5.82 Å². The Bertz CT molecular complexity index is 810. The van der Waals surface area contributed by atoms with E-state index < -0.39 is 0 Å². The van der Waals surface area contributed by atoms with Crippen molar-refractivity contribution >= 4 is 17.5 Å². The number of halogens is 1. The number of likely N-dealkylation sites (N-methyl/N-ethyl adjacent to an activating group) is 1. The van der Waals surface area contributed by atoms with E-state index in [2.05, 4.69) is 6.58 Å². The molecule has 1 heterocycles. The van der Waals surface area contributed by atoms with Crippen molar-refractivity contribution in [3.63, 3.8) is 0 Å². The van der Waals surface area contributed by atoms with Crippen molar-refractivity contribution in [2.24, 2.45) is 0 Å². The Labute approximate surface area is 146 Å². The fourth-order valence-electron chi connectivity index (χ4n) is 2.93. The first-order valence-electron chi connectivity index (χ1n) is 8.01. The summed E-state index contributed by atoms with van der Waals surface area (Å²) in [5.74, 6) is -0.738. The molecule has 0 saturated heterocycles. The van der Waals surface area contributed by atoms with Gasteiger partial charge in [0.15, 0.2) is 0 Å². The monoisotopic (exact) mass is 338 g/mol. The van der Waals surface area contributed by atoms with Gasteiger partial charge < -0.3 is 4.90 Å². The van der Waals surface area contributed by atoms with Crippen molar-refractivity contribution < 1.29 is 14.0 Å². The highest BCUT2D eigenvalue weighted by molar-refractivity contribution is 6.10. The van der Waals surface area contributed by atoms with E-state index >= 15 is 0 Å². The molecule has 0 N–H and O–H groups in total. The zero-order valence-corrected chi connectivity index (χ0v) is 14.2. The molecule has 0 radical (unpaired) electrons. The van der Waals surface area contributed by atoms with Crippen LogP contribution in [-0.2, 0) is 4.79 Å². The first-order valence-corrected chi connectivity index (χ1v) is 8.01. The third-order valence-electron chi connectivity index (χ3n) is 4.66. The van der Waals surface area contributed by atoms with E-state index in [1.54, 1.807) is 36.2 Å². The highest BCUT2D eigenvalue weighted by Gasteiger charge is 2.33. The first kappa shape index (κ1) is 16.9. The number of amides is 2. The zero-order valence-electron chi connectivity index (χ0n) is 14.2. The van der Waals surface area contributed by atoms with Crippen LogP contribution in [0.3, 0.4) is 0 Å². The second-order valence-electron chi connectivity index (χ2n) is 6.12. The molecule has 1 atom stereocenters. The van der Waals surface area contributed by atoms with Crippen LogP contribution >= 0.6 is 0 Å². The fourth-order valence-corrected chi connectivity index (χ4v) is 2.93. The average Bonchev–Trinajstić information content (AvgIpc) is 2.86. The molecule has 2 amide bonds. The molecule has 5 heteroatoms. The number of hydrogen-bond donors (Lipinski definition) is 0. The summed E-state index contributed by atoms with van der Waals surface area (Å²) >= 11 is 0. The SMILES string of the molecule is C=C1c2ccccc2C(=O)N1CC(=O)N(C)[C@@H](C)c1ccc(F)cc1. The number of rotatable bonds is 4. The maximum absolute atomic E-state index is 13.1. The largest absolute Gasteiger partial charge is 0.337 e. The van der Waals surface area contributed by atoms with Crippen molar-refractivity contribution in [3.8, 4) is 0 Å². The Kier molecular flexibility index (Phi) is 4.40. The van der Waals surface area contributed by atoms with Crippen LogP contribution in [0.1, 0.15) is 34.5 Å². The summed E-state index contributed by atoms with van der Waals surface area (Å²) < 4.78 is 13.1. The van der Waals surface area contributed by atoms with Gasteiger partial charge in [-0.1, -0.05) is 36.9 Å². The van der Waals surface area contributed by atoms with Crippen LogP contribution in [0.4, 0.5) is 4.39 Å². The normalized spacial score (nSPS) is 14.4. The molecule has 0 aliphatic carbocycles. The third kappa shape index (κ3) is 3.05. The van der Waals surface area contributed by atoms with Gasteiger partial charge in [-0.05, 0) is 30.7 Å². The molecular formula is C20H19FN2O2. The van der Waals surface area contributed by atoms with E-state index in [4.69, 9.17) is 0 Å². The number of fused-ring (bicyclic) bond motifs is 1. The van der Waals surface area contributed by atoms with Gasteiger partial charge in [-0.25, -0.2) is 4.39 Å². The standard InChI is InChI=1S/C20H19FN2O2/c1-13(15-8-10-16(21)11-9-15)22(3)19(24)12-23-14(2)17-6-4-5-7-18(17)20(23)25/h4-11,13H,2,12H2,1,3H3/t13-/m0/s1. The smallest absolute Gasteiger partial charge is 0.259 e. The van der Waals surface area contributed by atoms with Crippen LogP contribution in [0.5, 0.6) is 0 Å². The Morgan fingerprint density at radius 2 is 1.76 bits per heavy atom. The van der Waals surface area contributed by atoms with Gasteiger partial charge in [-0.15, -0.1) is 0 Å². The number of carbonyl (C=O) groups excluding carboxylic acids is 2. The minimum atomic E-state index is -0.318. The minimum Gasteiger partial charge on any atom is -0.337 e. The van der Waals surface area contributed by atoms with Crippen molar-refractivity contribution in [3.05, 3.63) is 77.6 Å². The van der Waals surface area contributed by atoms with Crippen molar-refractivity contribution in [2.45, 2.75) is 13.0 Å². The lowest BCUT2D eigenvalue weighted by molar-refractivity contribution is -0.131. The number of hydrogen-bond acceptors (Lipinski definition) is 2. The zero-order chi connectivity index (χ0) is 18.1. The Hall–Kier alpha value is -2.95. The summed E-state index contributed by atoms with van der Waals surface area (Å²) in [5, 5.41) is 0. The van der Waals surface area contributed by atoms with Crippen molar-refractivity contribution in [1.29, 1.82) is 0 Å². The van der Waals surface area contributed by atoms with Crippen molar-refractivity contribution in [1.82, 2.24) is 9.80 Å². The molecule has 0 unspecified atom stereocenters. The lowest BCUT2D eigenvalue weighted by atomic mass is 10.1. The van der Waals surface area contributed by atoms with Gasteiger partial charge in [-0.3, -0.25) is 14.5 Å². The topological polar surface area (TPSA) is 40.6 Å². The Morgan fingerprint density at radius 3 is 2.36 bits per heavy atom. The molecule has 0 spiro atoms. The molecule has 0 bridgehead atoms. The lowest BCUT2D eigenvalue weighted by Crippen LogP contribution is -2.39. The van der Waals surface area contributed by atoms with Gasteiger partial charge in [0.25, 0.3) is 5.91 Å². The van der Waals surface area contributed by atoms with Gasteiger partial charge in [0.05, 0.1) is 6.04 Å². The predicted molar refractivity (Wildman–Crippen MR) is 94.1 cm³/mol. The quantitative estimate of drug-likeness (QED) is 0.856. The average molecular weight is 338 g/mol. The van der Waals surface area contributed by atoms with Gasteiger partial charge in [-0.2, -0.15) is 0 Å². The highest BCUT2D eigenvalue weighted by Crippen LogP contribution is 2.31. The molecule has 128 valence electrons. The highest BCUT2D eigenvalue weighted by atomic mass is 19.1. The van der Waals surface area contributed by atoms with E-state index in [9.17, 15) is 14.0 Å². The number of carbonyl (C=O) groups is 2. The number of nitrogens with zero attached hydrogens (tertiary/aromatic N) is 2. The molecule has 3 rings (SSSR count). The van der Waals surface area contributed by atoms with E-state index in [0.29, 0.717) is 11.3 Å². The maximum Gasteiger partial charge on any atom is 0.259 e. The predicted octanol–water partition coefficient (Wildman–Crippen LogP) is 3.47. The molecule has 0 fully saturated rings. The van der Waals surface area contributed by atoms with Crippen LogP contribution in [0.15, 0.2) is 55.1 Å². The minimum absolute atomic E-state index is 0.0750. The summed E-state index contributed by atoms with van der Waals surface area (Å²) in [6.07, 6.45) is 0. The second-order valence-corrected chi connectivity index (χ2v) is 6.12. The first-order chi connectivity index (χ1) is 11.9. The summed E-state index contributed by atoms with van der Waals surface area (Å²) in [5.41, 5.74) is 2.69. The van der Waals surface area contributed by atoms with Gasteiger partial charge in [0, 0.05) is 23.9 Å². The molecule has 2 aromatic rings. The lowest BCUT2D eigenvalue weighted by Gasteiger charge is -2.28.